The summed E-state index contributed by atoms with van der Waals surface area (Å²) in [6, 6.07) is 7.70. The Balaban J connectivity index is 2.01. The van der Waals surface area contributed by atoms with Gasteiger partial charge in [-0.15, -0.1) is 0 Å². The number of nitrogens with zero attached hydrogens (tertiary/aromatic N) is 1. The number of rotatable bonds is 3. The maximum absolute atomic E-state index is 12.2. The van der Waals surface area contributed by atoms with Crippen LogP contribution in [-0.2, 0) is 4.74 Å². The normalized spacial score (nSPS) is 19.3. The Kier molecular flexibility index (Phi) is 3.79. The van der Waals surface area contributed by atoms with E-state index in [2.05, 4.69) is 0 Å². The number of hydrogen-bond acceptors (Lipinski definition) is 2. The van der Waals surface area contributed by atoms with Gasteiger partial charge in [-0.05, 0) is 31.4 Å². The number of ether oxygens (including phenoxy) is 1. The van der Waals surface area contributed by atoms with Crippen LogP contribution in [0.15, 0.2) is 24.3 Å². The zero-order valence-corrected chi connectivity index (χ0v) is 10.5. The fourth-order valence-electron chi connectivity index (χ4n) is 2.20. The molecule has 0 radical (unpaired) electrons. The third kappa shape index (κ3) is 2.86. The smallest absolute Gasteiger partial charge is 0.253 e. The minimum absolute atomic E-state index is 0.0820. The summed E-state index contributed by atoms with van der Waals surface area (Å²) in [5.74, 6) is 0.0820. The summed E-state index contributed by atoms with van der Waals surface area (Å²) in [6.45, 7) is 3.48. The van der Waals surface area contributed by atoms with Crippen LogP contribution in [0.3, 0.4) is 0 Å². The van der Waals surface area contributed by atoms with Crippen molar-refractivity contribution in [3.63, 3.8) is 0 Å². The van der Waals surface area contributed by atoms with Crippen LogP contribution < -0.4 is 0 Å². The van der Waals surface area contributed by atoms with Crippen LogP contribution in [0.4, 0.5) is 0 Å². The van der Waals surface area contributed by atoms with Crippen LogP contribution in [0, 0.1) is 6.92 Å². The highest BCUT2D eigenvalue weighted by molar-refractivity contribution is 5.95. The molecule has 1 fully saturated rings. The Morgan fingerprint density at radius 3 is 2.88 bits per heavy atom. The van der Waals surface area contributed by atoms with Crippen molar-refractivity contribution in [1.82, 2.24) is 4.90 Å². The Labute approximate surface area is 102 Å². The second-order valence-corrected chi connectivity index (χ2v) is 4.64. The molecule has 0 aromatic heterocycles. The quantitative estimate of drug-likeness (QED) is 0.801. The number of carbonyl (C=O) groups excluding carboxylic acids is 1. The lowest BCUT2D eigenvalue weighted by Crippen LogP contribution is -2.34. The van der Waals surface area contributed by atoms with E-state index in [4.69, 9.17) is 4.74 Å². The molecule has 1 heterocycles. The van der Waals surface area contributed by atoms with E-state index in [1.54, 1.807) is 4.90 Å². The number of likely N-dealkylation sites (N-methyl/N-ethyl adjacent to an activating group) is 1. The lowest BCUT2D eigenvalue weighted by molar-refractivity contribution is 0.0586. The molecule has 0 spiro atoms. The van der Waals surface area contributed by atoms with Crippen LogP contribution >= 0.6 is 0 Å². The summed E-state index contributed by atoms with van der Waals surface area (Å²) in [5, 5.41) is 0. The number of benzene rings is 1. The van der Waals surface area contributed by atoms with Crippen molar-refractivity contribution in [3.05, 3.63) is 35.4 Å². The molecule has 3 nitrogen and oxygen atoms in total. The first-order chi connectivity index (χ1) is 8.18. The number of carbonyl (C=O) groups is 1. The van der Waals surface area contributed by atoms with Gasteiger partial charge in [0.05, 0.1) is 6.10 Å². The molecule has 1 aromatic rings. The average molecular weight is 233 g/mol. The van der Waals surface area contributed by atoms with E-state index in [9.17, 15) is 4.79 Å². The lowest BCUT2D eigenvalue weighted by atomic mass is 10.1. The lowest BCUT2D eigenvalue weighted by Gasteiger charge is -2.21. The van der Waals surface area contributed by atoms with Gasteiger partial charge in [0.1, 0.15) is 0 Å². The first kappa shape index (κ1) is 12.1. The van der Waals surface area contributed by atoms with Crippen molar-refractivity contribution in [3.8, 4) is 0 Å². The summed E-state index contributed by atoms with van der Waals surface area (Å²) >= 11 is 0. The zero-order valence-electron chi connectivity index (χ0n) is 10.5. The van der Waals surface area contributed by atoms with E-state index in [0.29, 0.717) is 6.54 Å². The van der Waals surface area contributed by atoms with E-state index in [1.165, 1.54) is 0 Å². The first-order valence-electron chi connectivity index (χ1n) is 6.11. The number of aryl methyl sites for hydroxylation is 1. The molecule has 1 aliphatic heterocycles. The van der Waals surface area contributed by atoms with E-state index < -0.39 is 0 Å². The fraction of sp³-hybridized carbons (Fsp3) is 0.500. The molecule has 1 atom stereocenters. The van der Waals surface area contributed by atoms with Crippen molar-refractivity contribution < 1.29 is 9.53 Å². The zero-order chi connectivity index (χ0) is 12.3. The SMILES string of the molecule is Cc1ccccc1C(=O)N(C)CC1CCCO1. The highest BCUT2D eigenvalue weighted by Gasteiger charge is 2.21. The summed E-state index contributed by atoms with van der Waals surface area (Å²) in [5.41, 5.74) is 1.81. The molecule has 1 saturated heterocycles. The molecule has 1 amide bonds. The average Bonchev–Trinajstić information content (AvgIpc) is 2.81. The van der Waals surface area contributed by atoms with E-state index in [1.807, 2.05) is 38.2 Å². The maximum atomic E-state index is 12.2. The predicted molar refractivity (Wildman–Crippen MR) is 67.1 cm³/mol. The Hall–Kier alpha value is -1.35. The van der Waals surface area contributed by atoms with Crippen molar-refractivity contribution >= 4 is 5.91 Å². The van der Waals surface area contributed by atoms with Crippen molar-refractivity contribution in [2.24, 2.45) is 0 Å². The fourth-order valence-corrected chi connectivity index (χ4v) is 2.20. The summed E-state index contributed by atoms with van der Waals surface area (Å²) < 4.78 is 5.55. The second kappa shape index (κ2) is 5.32. The van der Waals surface area contributed by atoms with E-state index in [0.717, 1.165) is 30.6 Å². The molecule has 2 rings (SSSR count). The van der Waals surface area contributed by atoms with Gasteiger partial charge < -0.3 is 9.64 Å². The largest absolute Gasteiger partial charge is 0.376 e. The molecule has 3 heteroatoms. The van der Waals surface area contributed by atoms with Crippen LogP contribution in [0.2, 0.25) is 0 Å². The molecule has 1 aliphatic rings. The molecular weight excluding hydrogens is 214 g/mol. The minimum atomic E-state index is 0.0820. The van der Waals surface area contributed by atoms with Crippen molar-refractivity contribution in [2.75, 3.05) is 20.2 Å². The van der Waals surface area contributed by atoms with Crippen LogP contribution in [0.5, 0.6) is 0 Å². The molecular formula is C14H19NO2. The van der Waals surface area contributed by atoms with Gasteiger partial charge in [-0.25, -0.2) is 0 Å². The highest BCUT2D eigenvalue weighted by atomic mass is 16.5. The molecule has 0 saturated carbocycles. The Bertz CT molecular complexity index is 397. The minimum Gasteiger partial charge on any atom is -0.376 e. The topological polar surface area (TPSA) is 29.5 Å². The van der Waals surface area contributed by atoms with Crippen molar-refractivity contribution in [1.29, 1.82) is 0 Å². The van der Waals surface area contributed by atoms with E-state index in [-0.39, 0.29) is 12.0 Å². The number of amides is 1. The molecule has 1 aromatic carbocycles. The standard InChI is InChI=1S/C14H19NO2/c1-11-6-3-4-8-13(11)14(16)15(2)10-12-7-5-9-17-12/h3-4,6,8,12H,5,7,9-10H2,1-2H3. The van der Waals surface area contributed by atoms with Gasteiger partial charge in [-0.3, -0.25) is 4.79 Å². The Morgan fingerprint density at radius 1 is 1.47 bits per heavy atom. The van der Waals surface area contributed by atoms with Crippen LogP contribution in [0.1, 0.15) is 28.8 Å². The highest BCUT2D eigenvalue weighted by Crippen LogP contribution is 2.15. The maximum Gasteiger partial charge on any atom is 0.253 e. The monoisotopic (exact) mass is 233 g/mol. The molecule has 92 valence electrons. The molecule has 0 N–H and O–H groups in total. The van der Waals surface area contributed by atoms with Gasteiger partial charge in [0, 0.05) is 25.8 Å². The third-order valence-electron chi connectivity index (χ3n) is 3.22. The van der Waals surface area contributed by atoms with Crippen LogP contribution in [-0.4, -0.2) is 37.1 Å². The summed E-state index contributed by atoms with van der Waals surface area (Å²) in [4.78, 5) is 14.0. The van der Waals surface area contributed by atoms with Gasteiger partial charge >= 0.3 is 0 Å². The van der Waals surface area contributed by atoms with Crippen molar-refractivity contribution in [2.45, 2.75) is 25.9 Å². The van der Waals surface area contributed by atoms with Gasteiger partial charge in [0.25, 0.3) is 5.91 Å². The van der Waals surface area contributed by atoms with Gasteiger partial charge in [-0.1, -0.05) is 18.2 Å². The predicted octanol–water partition coefficient (Wildman–Crippen LogP) is 2.25. The van der Waals surface area contributed by atoms with Crippen LogP contribution in [0.25, 0.3) is 0 Å². The third-order valence-corrected chi connectivity index (χ3v) is 3.22. The van der Waals surface area contributed by atoms with Gasteiger partial charge in [0.2, 0.25) is 0 Å². The van der Waals surface area contributed by atoms with Gasteiger partial charge in [-0.2, -0.15) is 0 Å². The summed E-state index contributed by atoms with van der Waals surface area (Å²) in [6.07, 6.45) is 2.38. The number of hydrogen-bond donors (Lipinski definition) is 0. The Morgan fingerprint density at radius 2 is 2.24 bits per heavy atom. The summed E-state index contributed by atoms with van der Waals surface area (Å²) in [7, 11) is 1.84. The van der Waals surface area contributed by atoms with E-state index >= 15 is 0 Å². The molecule has 0 aliphatic carbocycles. The molecule has 17 heavy (non-hydrogen) atoms. The first-order valence-corrected chi connectivity index (χ1v) is 6.11. The second-order valence-electron chi connectivity index (χ2n) is 4.64. The molecule has 0 bridgehead atoms. The van der Waals surface area contributed by atoms with Gasteiger partial charge in [0.15, 0.2) is 0 Å². The molecule has 1 unspecified atom stereocenters.